The number of nitriles is 1. The van der Waals surface area contributed by atoms with Crippen molar-refractivity contribution in [3.8, 4) is 34.7 Å². The van der Waals surface area contributed by atoms with Crippen LogP contribution in [0.1, 0.15) is 43.9 Å². The van der Waals surface area contributed by atoms with E-state index in [1.54, 1.807) is 18.2 Å². The average Bonchev–Trinajstić information content (AvgIpc) is 3.22. The highest BCUT2D eigenvalue weighted by Gasteiger charge is 2.20. The monoisotopic (exact) mass is 419 g/mol. The van der Waals surface area contributed by atoms with Gasteiger partial charge >= 0.3 is 5.97 Å². The van der Waals surface area contributed by atoms with E-state index >= 15 is 0 Å². The van der Waals surface area contributed by atoms with Crippen LogP contribution in [-0.2, 0) is 11.2 Å². The molecular weight excluding hydrogens is 394 g/mol. The zero-order chi connectivity index (χ0) is 22.5. The molecule has 0 aliphatic rings. The Morgan fingerprint density at radius 1 is 1.29 bits per heavy atom. The number of carboxylic acids is 1. The van der Waals surface area contributed by atoms with Gasteiger partial charge < -0.3 is 14.4 Å². The maximum atomic E-state index is 11.4. The Labute approximate surface area is 181 Å². The Morgan fingerprint density at radius 3 is 2.71 bits per heavy atom. The largest absolute Gasteiger partial charge is 0.490 e. The Morgan fingerprint density at radius 2 is 2.06 bits per heavy atom. The molecule has 0 saturated carbocycles. The van der Waals surface area contributed by atoms with Gasteiger partial charge in [-0.3, -0.25) is 4.79 Å². The Kier molecular flexibility index (Phi) is 6.71. The van der Waals surface area contributed by atoms with Crippen LogP contribution < -0.4 is 4.74 Å². The minimum absolute atomic E-state index is 0.0448. The van der Waals surface area contributed by atoms with E-state index < -0.39 is 11.9 Å². The second kappa shape index (κ2) is 9.43. The number of ether oxygens (including phenoxy) is 1. The van der Waals surface area contributed by atoms with Gasteiger partial charge in [0.05, 0.1) is 17.6 Å². The molecule has 1 aromatic heterocycles. The van der Waals surface area contributed by atoms with E-state index in [0.29, 0.717) is 41.4 Å². The molecule has 1 atom stereocenters. The molecule has 0 fully saturated rings. The maximum Gasteiger partial charge on any atom is 0.306 e. The standard InChI is InChI=1S/C24H25N3O4/c1-5-16(24(28)29)11-17-7-6-8-20(15(17)4)22-26-23(31-27-22)18-9-10-21(30-14(2)3)19(12-18)13-25/h6-10,12,14,16H,5,11H2,1-4H3,(H,28,29). The van der Waals surface area contributed by atoms with Crippen molar-refractivity contribution in [3.05, 3.63) is 53.1 Å². The first-order valence-corrected chi connectivity index (χ1v) is 10.2. The number of carboxylic acid groups (broad SMARTS) is 1. The van der Waals surface area contributed by atoms with Gasteiger partial charge in [-0.1, -0.05) is 30.3 Å². The van der Waals surface area contributed by atoms with E-state index in [9.17, 15) is 15.2 Å². The summed E-state index contributed by atoms with van der Waals surface area (Å²) in [5.41, 5.74) is 3.67. The van der Waals surface area contributed by atoms with Crippen molar-refractivity contribution in [2.75, 3.05) is 0 Å². The van der Waals surface area contributed by atoms with Gasteiger partial charge in [0, 0.05) is 11.1 Å². The van der Waals surface area contributed by atoms with Crippen molar-refractivity contribution in [1.29, 1.82) is 5.26 Å². The molecule has 160 valence electrons. The molecule has 0 aliphatic heterocycles. The zero-order valence-corrected chi connectivity index (χ0v) is 18.0. The van der Waals surface area contributed by atoms with Crippen LogP contribution in [-0.4, -0.2) is 27.3 Å². The van der Waals surface area contributed by atoms with Crippen LogP contribution in [0.2, 0.25) is 0 Å². The van der Waals surface area contributed by atoms with Crippen molar-refractivity contribution in [2.24, 2.45) is 5.92 Å². The minimum atomic E-state index is -0.799. The van der Waals surface area contributed by atoms with Crippen LogP contribution in [0.15, 0.2) is 40.9 Å². The predicted octanol–water partition coefficient (Wildman–Crippen LogP) is 5.02. The van der Waals surface area contributed by atoms with Crippen molar-refractivity contribution >= 4 is 5.97 Å². The van der Waals surface area contributed by atoms with Gasteiger partial charge in [-0.2, -0.15) is 10.2 Å². The maximum absolute atomic E-state index is 11.4. The van der Waals surface area contributed by atoms with Gasteiger partial charge in [0.15, 0.2) is 0 Å². The van der Waals surface area contributed by atoms with E-state index in [-0.39, 0.29) is 6.10 Å². The Hall–Kier alpha value is -3.66. The quantitative estimate of drug-likeness (QED) is 0.545. The molecule has 0 radical (unpaired) electrons. The van der Waals surface area contributed by atoms with E-state index in [1.807, 2.05) is 45.9 Å². The fraction of sp³-hybridized carbons (Fsp3) is 0.333. The lowest BCUT2D eigenvalue weighted by Crippen LogP contribution is -2.16. The third-order valence-corrected chi connectivity index (χ3v) is 5.13. The summed E-state index contributed by atoms with van der Waals surface area (Å²) in [5, 5.41) is 22.9. The van der Waals surface area contributed by atoms with Crippen molar-refractivity contribution < 1.29 is 19.2 Å². The first kappa shape index (κ1) is 22.0. The topological polar surface area (TPSA) is 109 Å². The molecular formula is C24H25N3O4. The molecule has 0 aliphatic carbocycles. The third-order valence-electron chi connectivity index (χ3n) is 5.13. The molecule has 1 unspecified atom stereocenters. The molecule has 3 rings (SSSR count). The van der Waals surface area contributed by atoms with Crippen LogP contribution >= 0.6 is 0 Å². The number of hydrogen-bond acceptors (Lipinski definition) is 6. The molecule has 0 bridgehead atoms. The van der Waals surface area contributed by atoms with Crippen LogP contribution in [0.4, 0.5) is 0 Å². The third kappa shape index (κ3) is 4.92. The average molecular weight is 419 g/mol. The first-order valence-electron chi connectivity index (χ1n) is 10.2. The van der Waals surface area contributed by atoms with Crippen molar-refractivity contribution in [1.82, 2.24) is 10.1 Å². The Bertz CT molecular complexity index is 1130. The normalized spacial score (nSPS) is 11.9. The lowest BCUT2D eigenvalue weighted by Gasteiger charge is -2.13. The molecule has 31 heavy (non-hydrogen) atoms. The SMILES string of the molecule is CCC(Cc1cccc(-c2noc(-c3ccc(OC(C)C)c(C#N)c3)n2)c1C)C(=O)O. The fourth-order valence-electron chi connectivity index (χ4n) is 3.38. The summed E-state index contributed by atoms with van der Waals surface area (Å²) < 4.78 is 11.1. The second-order valence-electron chi connectivity index (χ2n) is 7.65. The molecule has 1 N–H and O–H groups in total. The van der Waals surface area contributed by atoms with Crippen LogP contribution in [0.25, 0.3) is 22.8 Å². The number of aliphatic carboxylic acids is 1. The molecule has 7 heteroatoms. The summed E-state index contributed by atoms with van der Waals surface area (Å²) in [6.45, 7) is 7.60. The number of carbonyl (C=O) groups is 1. The summed E-state index contributed by atoms with van der Waals surface area (Å²) in [5.74, 6) is -0.0188. The molecule has 0 saturated heterocycles. The lowest BCUT2D eigenvalue weighted by molar-refractivity contribution is -0.141. The predicted molar refractivity (Wildman–Crippen MR) is 116 cm³/mol. The Balaban J connectivity index is 1.92. The summed E-state index contributed by atoms with van der Waals surface area (Å²) >= 11 is 0. The highest BCUT2D eigenvalue weighted by atomic mass is 16.5. The minimum Gasteiger partial charge on any atom is -0.490 e. The summed E-state index contributed by atoms with van der Waals surface area (Å²) in [6.07, 6.45) is 0.957. The van der Waals surface area contributed by atoms with Gasteiger partial charge in [-0.05, 0) is 62.9 Å². The number of nitrogens with zero attached hydrogens (tertiary/aromatic N) is 3. The molecule has 3 aromatic rings. The van der Waals surface area contributed by atoms with Crippen molar-refractivity contribution in [2.45, 2.75) is 46.6 Å². The molecule has 7 nitrogen and oxygen atoms in total. The van der Waals surface area contributed by atoms with Gasteiger partial charge in [-0.15, -0.1) is 0 Å². The van der Waals surface area contributed by atoms with E-state index in [0.717, 1.165) is 16.7 Å². The molecule has 1 heterocycles. The summed E-state index contributed by atoms with van der Waals surface area (Å²) in [6, 6.07) is 13.0. The number of rotatable bonds is 8. The van der Waals surface area contributed by atoms with Crippen LogP contribution in [0.3, 0.4) is 0 Å². The highest BCUT2D eigenvalue weighted by molar-refractivity contribution is 5.71. The van der Waals surface area contributed by atoms with E-state index in [2.05, 4.69) is 16.2 Å². The smallest absolute Gasteiger partial charge is 0.306 e. The number of aromatic nitrogens is 2. The fourth-order valence-corrected chi connectivity index (χ4v) is 3.38. The number of hydrogen-bond donors (Lipinski definition) is 1. The van der Waals surface area contributed by atoms with Gasteiger partial charge in [-0.25, -0.2) is 0 Å². The van der Waals surface area contributed by atoms with Gasteiger partial charge in [0.25, 0.3) is 5.89 Å². The zero-order valence-electron chi connectivity index (χ0n) is 18.0. The van der Waals surface area contributed by atoms with Crippen molar-refractivity contribution in [3.63, 3.8) is 0 Å². The summed E-state index contributed by atoms with van der Waals surface area (Å²) in [4.78, 5) is 15.9. The first-order chi connectivity index (χ1) is 14.8. The van der Waals surface area contributed by atoms with Gasteiger partial charge in [0.1, 0.15) is 11.8 Å². The molecule has 0 spiro atoms. The van der Waals surface area contributed by atoms with Gasteiger partial charge in [0.2, 0.25) is 5.82 Å². The second-order valence-corrected chi connectivity index (χ2v) is 7.65. The molecule has 2 aromatic carbocycles. The lowest BCUT2D eigenvalue weighted by atomic mass is 9.92. The number of benzene rings is 2. The van der Waals surface area contributed by atoms with Crippen LogP contribution in [0.5, 0.6) is 5.75 Å². The molecule has 0 amide bonds. The van der Waals surface area contributed by atoms with Crippen LogP contribution in [0, 0.1) is 24.2 Å². The highest BCUT2D eigenvalue weighted by Crippen LogP contribution is 2.30. The van der Waals surface area contributed by atoms with E-state index in [4.69, 9.17) is 9.26 Å². The van der Waals surface area contributed by atoms with E-state index in [1.165, 1.54) is 0 Å². The summed E-state index contributed by atoms with van der Waals surface area (Å²) in [7, 11) is 0.